The van der Waals surface area contributed by atoms with E-state index in [9.17, 15) is 0 Å². The van der Waals surface area contributed by atoms with Crippen LogP contribution in [0.15, 0.2) is 4.99 Å². The van der Waals surface area contributed by atoms with Crippen LogP contribution >= 0.6 is 11.9 Å². The van der Waals surface area contributed by atoms with Gasteiger partial charge in [0, 0.05) is 6.04 Å². The van der Waals surface area contributed by atoms with Gasteiger partial charge in [0.1, 0.15) is 0 Å². The van der Waals surface area contributed by atoms with Gasteiger partial charge in [-0.15, -0.1) is 0 Å². The normalized spacial score (nSPS) is 10.6. The first kappa shape index (κ1) is 6.34. The average molecular weight is 115 g/mol. The van der Waals surface area contributed by atoms with Crippen LogP contribution in [0, 0.1) is 12.5 Å². The first-order chi connectivity index (χ1) is 3.31. The van der Waals surface area contributed by atoms with E-state index in [1.807, 2.05) is 6.04 Å². The number of nitrogens with zero attached hydrogens (tertiary/aromatic N) is 1. The lowest BCUT2D eigenvalue weighted by molar-refractivity contribution is 1.63. The Balaban J connectivity index is 3.56. The molecule has 0 bridgehead atoms. The largest absolute Gasteiger partial charge is 0.377 e. The summed E-state index contributed by atoms with van der Waals surface area (Å²) >= 11 is 0.835. The topological polar surface area (TPSA) is 64.4 Å². The highest BCUT2D eigenvalue weighted by Gasteiger charge is 1.79. The summed E-state index contributed by atoms with van der Waals surface area (Å²) in [6.07, 6.45) is 4.72. The lowest BCUT2D eigenvalue weighted by Crippen LogP contribution is -2.07. The maximum Gasteiger partial charge on any atom is 0.183 e. The van der Waals surface area contributed by atoms with Crippen LogP contribution in [0.4, 0.5) is 0 Å². The molecule has 0 aliphatic rings. The van der Waals surface area contributed by atoms with Crippen LogP contribution < -0.4 is 10.9 Å². The molecule has 4 heteroatoms. The quantitative estimate of drug-likeness (QED) is 0.193. The number of aliphatic imine (C=N–C) groups is 1. The Bertz CT molecular complexity index is 112. The van der Waals surface area contributed by atoms with Crippen LogP contribution in [-0.4, -0.2) is 5.17 Å². The molecule has 0 amide bonds. The first-order valence-electron chi connectivity index (χ1n) is 1.46. The maximum absolute atomic E-state index is 5.03. The molecule has 0 unspecified atom stereocenters. The van der Waals surface area contributed by atoms with Gasteiger partial charge in [0.15, 0.2) is 5.17 Å². The number of hydrogen-bond acceptors (Lipinski definition) is 3. The second-order valence-electron chi connectivity index (χ2n) is 0.697. The summed E-state index contributed by atoms with van der Waals surface area (Å²) in [6, 6.07) is 1.98. The summed E-state index contributed by atoms with van der Waals surface area (Å²) in [5, 5.41) is 5.13. The molecule has 0 aliphatic carbocycles. The molecule has 0 aromatic rings. The second kappa shape index (κ2) is 3.53. The highest BCUT2D eigenvalue weighted by atomic mass is 32.2. The summed E-state index contributed by atoms with van der Waals surface area (Å²) < 4.78 is 0. The minimum atomic E-state index is 0.211. The van der Waals surface area contributed by atoms with Crippen molar-refractivity contribution < 1.29 is 0 Å². The van der Waals surface area contributed by atoms with Crippen LogP contribution in [0.25, 0.3) is 0 Å². The molecule has 0 spiro atoms. The molecule has 0 aromatic heterocycles. The molecule has 0 saturated heterocycles. The fourth-order valence-electron chi connectivity index (χ4n) is 0.0900. The van der Waals surface area contributed by atoms with E-state index in [1.165, 1.54) is 0 Å². The zero-order valence-electron chi connectivity index (χ0n) is 3.59. The molecular weight excluding hydrogens is 110 g/mol. The third kappa shape index (κ3) is 3.16. The average Bonchev–Trinajstić information content (AvgIpc) is 1.68. The van der Waals surface area contributed by atoms with E-state index in [4.69, 9.17) is 17.3 Å². The highest BCUT2D eigenvalue weighted by molar-refractivity contribution is 8.11. The zero-order valence-corrected chi connectivity index (χ0v) is 4.40. The van der Waals surface area contributed by atoms with E-state index < -0.39 is 0 Å². The summed E-state index contributed by atoms with van der Waals surface area (Å²) in [4.78, 5) is 3.30. The SMILES string of the molecule is C#CN=C(N)SN. The van der Waals surface area contributed by atoms with Crippen molar-refractivity contribution in [2.24, 2.45) is 15.9 Å². The molecule has 0 rings (SSSR count). The zero-order chi connectivity index (χ0) is 5.70. The predicted molar refractivity (Wildman–Crippen MR) is 32.2 cm³/mol. The summed E-state index contributed by atoms with van der Waals surface area (Å²) in [7, 11) is 0. The van der Waals surface area contributed by atoms with E-state index in [0.29, 0.717) is 0 Å². The monoisotopic (exact) mass is 115 g/mol. The van der Waals surface area contributed by atoms with Crippen molar-refractivity contribution in [1.29, 1.82) is 0 Å². The Morgan fingerprint density at radius 2 is 2.43 bits per heavy atom. The summed E-state index contributed by atoms with van der Waals surface area (Å²) in [5.41, 5.74) is 5.03. The van der Waals surface area contributed by atoms with Gasteiger partial charge < -0.3 is 5.73 Å². The minimum Gasteiger partial charge on any atom is -0.377 e. The third-order valence-electron chi connectivity index (χ3n) is 0.295. The van der Waals surface area contributed by atoms with E-state index in [1.54, 1.807) is 0 Å². The van der Waals surface area contributed by atoms with Crippen molar-refractivity contribution >= 4 is 17.1 Å². The fraction of sp³-hybridized carbons (Fsp3) is 0. The highest BCUT2D eigenvalue weighted by Crippen LogP contribution is 1.81. The van der Waals surface area contributed by atoms with Gasteiger partial charge in [0.2, 0.25) is 0 Å². The van der Waals surface area contributed by atoms with Crippen molar-refractivity contribution in [2.45, 2.75) is 0 Å². The van der Waals surface area contributed by atoms with Crippen molar-refractivity contribution in [2.75, 3.05) is 0 Å². The number of nitrogens with two attached hydrogens (primary N) is 2. The molecule has 0 aliphatic heterocycles. The fourth-order valence-corrected chi connectivity index (χ4v) is 0.195. The Morgan fingerprint density at radius 1 is 1.86 bits per heavy atom. The predicted octanol–water partition coefficient (Wildman–Crippen LogP) is -0.501. The van der Waals surface area contributed by atoms with Gasteiger partial charge in [-0.1, -0.05) is 6.42 Å². The van der Waals surface area contributed by atoms with Crippen LogP contribution in [-0.2, 0) is 0 Å². The minimum absolute atomic E-state index is 0.211. The molecule has 0 fully saturated rings. The van der Waals surface area contributed by atoms with Crippen molar-refractivity contribution in [3.63, 3.8) is 0 Å². The van der Waals surface area contributed by atoms with E-state index in [2.05, 4.69) is 4.99 Å². The Kier molecular flexibility index (Phi) is 3.19. The van der Waals surface area contributed by atoms with E-state index in [0.717, 1.165) is 11.9 Å². The Morgan fingerprint density at radius 3 is 2.57 bits per heavy atom. The molecule has 0 radical (unpaired) electrons. The van der Waals surface area contributed by atoms with Crippen LogP contribution in [0.2, 0.25) is 0 Å². The van der Waals surface area contributed by atoms with Gasteiger partial charge in [-0.05, 0) is 11.9 Å². The van der Waals surface area contributed by atoms with Gasteiger partial charge in [0.25, 0.3) is 0 Å². The van der Waals surface area contributed by atoms with Gasteiger partial charge in [-0.3, -0.25) is 5.14 Å². The van der Waals surface area contributed by atoms with Crippen LogP contribution in [0.1, 0.15) is 0 Å². The van der Waals surface area contributed by atoms with Crippen molar-refractivity contribution in [3.8, 4) is 12.5 Å². The van der Waals surface area contributed by atoms with Gasteiger partial charge in [-0.2, -0.15) is 4.99 Å². The third-order valence-corrected chi connectivity index (χ3v) is 0.628. The molecule has 38 valence electrons. The molecular formula is C3H5N3S. The summed E-state index contributed by atoms with van der Waals surface area (Å²) in [5.74, 6) is 0. The molecule has 0 saturated carbocycles. The molecule has 0 aromatic carbocycles. The van der Waals surface area contributed by atoms with Crippen LogP contribution in [0.5, 0.6) is 0 Å². The number of terminal acetylenes is 1. The smallest absolute Gasteiger partial charge is 0.183 e. The van der Waals surface area contributed by atoms with Crippen LogP contribution in [0.3, 0.4) is 0 Å². The number of hydrogen-bond donors (Lipinski definition) is 2. The maximum atomic E-state index is 5.03. The van der Waals surface area contributed by atoms with Crippen molar-refractivity contribution in [1.82, 2.24) is 0 Å². The molecule has 3 nitrogen and oxygen atoms in total. The summed E-state index contributed by atoms with van der Waals surface area (Å²) in [6.45, 7) is 0. The van der Waals surface area contributed by atoms with Gasteiger partial charge in [-0.25, -0.2) is 0 Å². The van der Waals surface area contributed by atoms with Gasteiger partial charge in [0.05, 0.1) is 0 Å². The Labute approximate surface area is 46.3 Å². The van der Waals surface area contributed by atoms with Crippen molar-refractivity contribution in [3.05, 3.63) is 0 Å². The molecule has 7 heavy (non-hydrogen) atoms. The number of rotatable bonds is 0. The van der Waals surface area contributed by atoms with E-state index >= 15 is 0 Å². The second-order valence-corrected chi connectivity index (χ2v) is 1.35. The van der Waals surface area contributed by atoms with Gasteiger partial charge >= 0.3 is 0 Å². The molecule has 4 N–H and O–H groups in total. The Hall–Kier alpha value is -0.660. The van der Waals surface area contributed by atoms with E-state index in [-0.39, 0.29) is 5.17 Å². The standard InChI is InChI=1S/C3H5N3S/c1-2-6-3(4)7-5/h1H,5H2,(H2,4,6). The lowest BCUT2D eigenvalue weighted by Gasteiger charge is -1.83. The number of amidine groups is 1. The lowest BCUT2D eigenvalue weighted by atomic mass is 11.1. The molecule has 0 heterocycles. The first-order valence-corrected chi connectivity index (χ1v) is 2.34. The molecule has 0 atom stereocenters.